The van der Waals surface area contributed by atoms with Crippen LogP contribution in [0, 0.1) is 34.0 Å². The number of hydrogen-bond donors (Lipinski definition) is 0. The highest BCUT2D eigenvalue weighted by molar-refractivity contribution is 6.11. The van der Waals surface area contributed by atoms with Gasteiger partial charge in [-0.25, -0.2) is 0 Å². The van der Waals surface area contributed by atoms with Gasteiger partial charge in [-0.3, -0.25) is 0 Å². The smallest absolute Gasteiger partial charge is 0.101 e. The zero-order chi connectivity index (χ0) is 33.8. The van der Waals surface area contributed by atoms with Crippen LogP contribution in [-0.4, -0.2) is 9.13 Å². The van der Waals surface area contributed by atoms with Gasteiger partial charge in [0.1, 0.15) is 6.07 Å². The van der Waals surface area contributed by atoms with Crippen molar-refractivity contribution < 1.29 is 0 Å². The average molecular weight is 636 g/mol. The predicted octanol–water partition coefficient (Wildman–Crippen LogP) is 10.8. The number of hydrogen-bond acceptors (Lipinski definition) is 3. The fourth-order valence-electron chi connectivity index (χ4n) is 7.53. The van der Waals surface area contributed by atoms with E-state index in [2.05, 4.69) is 100 Å². The van der Waals surface area contributed by atoms with Gasteiger partial charge in [-0.2, -0.15) is 15.8 Å². The van der Waals surface area contributed by atoms with Crippen LogP contribution >= 0.6 is 0 Å². The lowest BCUT2D eigenvalue weighted by Crippen LogP contribution is -2.02. The highest BCUT2D eigenvalue weighted by atomic mass is 15.0. The molecule has 230 valence electrons. The zero-order valence-corrected chi connectivity index (χ0v) is 26.7. The molecule has 0 saturated heterocycles. The third kappa shape index (κ3) is 4.24. The van der Waals surface area contributed by atoms with Crippen molar-refractivity contribution in [3.05, 3.63) is 168 Å². The molecular weight excluding hydrogens is 611 g/mol. The van der Waals surface area contributed by atoms with Crippen LogP contribution in [0.3, 0.4) is 0 Å². The molecule has 2 heterocycles. The molecule has 0 fully saturated rings. The van der Waals surface area contributed by atoms with Crippen LogP contribution < -0.4 is 0 Å². The number of aromatic nitrogens is 2. The van der Waals surface area contributed by atoms with Gasteiger partial charge in [0, 0.05) is 38.4 Å². The standard InChI is InChI=1S/C45H25N5/c46-26-29-19-24-43-39(25-29)36-13-3-6-18-42(36)50(43)45-32(28-48)10-8-15-38(45)37-14-7-9-31(27-47)44(37)30-20-22-33(23-21-30)49-40-16-4-1-11-34(40)35-12-2-5-17-41(35)49/h1-25H. The second-order valence-electron chi connectivity index (χ2n) is 12.3. The van der Waals surface area contributed by atoms with Crippen molar-refractivity contribution in [1.82, 2.24) is 9.13 Å². The molecule has 50 heavy (non-hydrogen) atoms. The van der Waals surface area contributed by atoms with E-state index in [4.69, 9.17) is 0 Å². The summed E-state index contributed by atoms with van der Waals surface area (Å²) >= 11 is 0. The Hall–Kier alpha value is -7.39. The molecule has 5 heteroatoms. The third-order valence-electron chi connectivity index (χ3n) is 9.65. The topological polar surface area (TPSA) is 81.2 Å². The van der Waals surface area contributed by atoms with Crippen molar-refractivity contribution >= 4 is 43.6 Å². The monoisotopic (exact) mass is 635 g/mol. The summed E-state index contributed by atoms with van der Waals surface area (Å²) in [6.07, 6.45) is 0. The minimum absolute atomic E-state index is 0.504. The Kier molecular flexibility index (Phi) is 6.56. The van der Waals surface area contributed by atoms with Gasteiger partial charge >= 0.3 is 0 Å². The van der Waals surface area contributed by atoms with Crippen LogP contribution in [0.25, 0.3) is 77.2 Å². The number of rotatable bonds is 4. The summed E-state index contributed by atoms with van der Waals surface area (Å²) in [6, 6.07) is 57.6. The van der Waals surface area contributed by atoms with Crippen molar-refractivity contribution in [3.63, 3.8) is 0 Å². The van der Waals surface area contributed by atoms with Crippen molar-refractivity contribution in [3.8, 4) is 51.8 Å². The van der Waals surface area contributed by atoms with Gasteiger partial charge in [0.15, 0.2) is 0 Å². The van der Waals surface area contributed by atoms with Crippen LogP contribution in [0.2, 0.25) is 0 Å². The first-order valence-electron chi connectivity index (χ1n) is 16.3. The van der Waals surface area contributed by atoms with Crippen molar-refractivity contribution in [2.75, 3.05) is 0 Å². The average Bonchev–Trinajstić information content (AvgIpc) is 3.69. The summed E-state index contributed by atoms with van der Waals surface area (Å²) in [4.78, 5) is 0. The molecule has 0 atom stereocenters. The fraction of sp³-hybridized carbons (Fsp3) is 0. The molecule has 0 saturated carbocycles. The predicted molar refractivity (Wildman–Crippen MR) is 200 cm³/mol. The maximum atomic E-state index is 10.5. The number of benzene rings is 7. The quantitative estimate of drug-likeness (QED) is 0.193. The third-order valence-corrected chi connectivity index (χ3v) is 9.65. The number of para-hydroxylation sites is 4. The molecule has 9 rings (SSSR count). The Labute approximate surface area is 287 Å². The summed E-state index contributed by atoms with van der Waals surface area (Å²) in [7, 11) is 0. The van der Waals surface area contributed by atoms with Gasteiger partial charge in [0.05, 0.1) is 56.6 Å². The molecular formula is C45H25N5. The number of fused-ring (bicyclic) bond motifs is 6. The first-order chi connectivity index (χ1) is 24.7. The molecule has 7 aromatic carbocycles. The second-order valence-corrected chi connectivity index (χ2v) is 12.3. The van der Waals surface area contributed by atoms with Gasteiger partial charge in [-0.15, -0.1) is 0 Å². The van der Waals surface area contributed by atoms with E-state index in [1.807, 2.05) is 78.9 Å². The first kappa shape index (κ1) is 28.8. The lowest BCUT2D eigenvalue weighted by Gasteiger charge is -2.19. The van der Waals surface area contributed by atoms with Crippen LogP contribution in [-0.2, 0) is 0 Å². The molecule has 0 N–H and O–H groups in total. The Morgan fingerprint density at radius 3 is 1.56 bits per heavy atom. The second kappa shape index (κ2) is 11.4. The van der Waals surface area contributed by atoms with Gasteiger partial charge < -0.3 is 9.13 Å². The fourth-order valence-corrected chi connectivity index (χ4v) is 7.53. The minimum atomic E-state index is 0.504. The van der Waals surface area contributed by atoms with E-state index in [1.54, 1.807) is 0 Å². The molecule has 0 bridgehead atoms. The lowest BCUT2D eigenvalue weighted by molar-refractivity contribution is 1.17. The molecule has 0 spiro atoms. The molecule has 0 amide bonds. The maximum Gasteiger partial charge on any atom is 0.101 e. The highest BCUT2D eigenvalue weighted by Gasteiger charge is 2.22. The SMILES string of the molecule is N#Cc1ccc2c(c1)c1ccccc1n2-c1c(C#N)cccc1-c1cccc(C#N)c1-c1ccc(-n2c3ccccc3c3ccccc32)cc1. The van der Waals surface area contributed by atoms with E-state index >= 15 is 0 Å². The lowest BCUT2D eigenvalue weighted by atomic mass is 9.89. The van der Waals surface area contributed by atoms with Crippen molar-refractivity contribution in [2.45, 2.75) is 0 Å². The first-order valence-corrected chi connectivity index (χ1v) is 16.3. The van der Waals surface area contributed by atoms with Crippen LogP contribution in [0.15, 0.2) is 152 Å². The zero-order valence-electron chi connectivity index (χ0n) is 26.7. The normalized spacial score (nSPS) is 11.1. The van der Waals surface area contributed by atoms with Crippen molar-refractivity contribution in [1.29, 1.82) is 15.8 Å². The van der Waals surface area contributed by atoms with E-state index in [1.165, 1.54) is 10.8 Å². The molecule has 0 aliphatic heterocycles. The molecule has 0 radical (unpaired) electrons. The van der Waals surface area contributed by atoms with Crippen LogP contribution in [0.4, 0.5) is 0 Å². The van der Waals surface area contributed by atoms with Gasteiger partial charge in [0.2, 0.25) is 0 Å². The minimum Gasteiger partial charge on any atom is -0.309 e. The summed E-state index contributed by atoms with van der Waals surface area (Å²) in [6.45, 7) is 0. The summed E-state index contributed by atoms with van der Waals surface area (Å²) in [5.41, 5.74) is 10.8. The molecule has 9 aromatic rings. The van der Waals surface area contributed by atoms with Gasteiger partial charge in [-0.1, -0.05) is 91.0 Å². The Bertz CT molecular complexity index is 2900. The number of nitriles is 3. The molecule has 5 nitrogen and oxygen atoms in total. The van der Waals surface area contributed by atoms with E-state index < -0.39 is 0 Å². The molecule has 0 aliphatic carbocycles. The summed E-state index contributed by atoms with van der Waals surface area (Å²) in [5.74, 6) is 0. The van der Waals surface area contributed by atoms with E-state index in [0.29, 0.717) is 16.7 Å². The van der Waals surface area contributed by atoms with Gasteiger partial charge in [-0.05, 0) is 71.8 Å². The Morgan fingerprint density at radius 2 is 0.940 bits per heavy atom. The highest BCUT2D eigenvalue weighted by Crippen LogP contribution is 2.42. The van der Waals surface area contributed by atoms with Crippen LogP contribution in [0.1, 0.15) is 16.7 Å². The summed E-state index contributed by atoms with van der Waals surface area (Å²) in [5, 5.41) is 35.0. The van der Waals surface area contributed by atoms with Crippen molar-refractivity contribution in [2.24, 2.45) is 0 Å². The number of nitrogens with zero attached hydrogens (tertiary/aromatic N) is 5. The van der Waals surface area contributed by atoms with Gasteiger partial charge in [0.25, 0.3) is 0 Å². The Morgan fingerprint density at radius 1 is 0.400 bits per heavy atom. The Balaban J connectivity index is 1.28. The van der Waals surface area contributed by atoms with E-state index in [-0.39, 0.29) is 0 Å². The molecule has 0 aliphatic rings. The largest absolute Gasteiger partial charge is 0.309 e. The molecule has 2 aromatic heterocycles. The molecule has 0 unspecified atom stereocenters. The summed E-state index contributed by atoms with van der Waals surface area (Å²) < 4.78 is 4.40. The van der Waals surface area contributed by atoms with E-state index in [0.717, 1.165) is 66.5 Å². The van der Waals surface area contributed by atoms with Crippen LogP contribution in [0.5, 0.6) is 0 Å². The van der Waals surface area contributed by atoms with E-state index in [9.17, 15) is 15.8 Å². The maximum absolute atomic E-state index is 10.5.